The van der Waals surface area contributed by atoms with Crippen LogP contribution < -0.4 is 9.64 Å². The van der Waals surface area contributed by atoms with Crippen LogP contribution in [-0.2, 0) is 17.6 Å². The van der Waals surface area contributed by atoms with Crippen molar-refractivity contribution in [3.8, 4) is 5.75 Å². The first kappa shape index (κ1) is 19.6. The van der Waals surface area contributed by atoms with Gasteiger partial charge in [-0.05, 0) is 61.4 Å². The summed E-state index contributed by atoms with van der Waals surface area (Å²) in [4.78, 5) is 2.12. The molecule has 2 aliphatic rings. The number of halogens is 1. The first-order valence-electron chi connectivity index (χ1n) is 10.3. The summed E-state index contributed by atoms with van der Waals surface area (Å²) in [5.41, 5.74) is 6.00. The SMILES string of the molecule is CC1CC(C)OC(c2cc(Cc3ccc(N(C)C)cc3)c(Cl)c3c2OCC3)C1. The molecule has 4 heteroatoms. The molecule has 150 valence electrons. The maximum atomic E-state index is 6.83. The Morgan fingerprint density at radius 3 is 2.54 bits per heavy atom. The van der Waals surface area contributed by atoms with E-state index in [0.29, 0.717) is 12.5 Å². The molecule has 0 aromatic heterocycles. The van der Waals surface area contributed by atoms with Gasteiger partial charge in [-0.25, -0.2) is 0 Å². The fraction of sp³-hybridized carbons (Fsp3) is 0.500. The molecular weight excluding hydrogens is 370 g/mol. The summed E-state index contributed by atoms with van der Waals surface area (Å²) in [7, 11) is 4.12. The summed E-state index contributed by atoms with van der Waals surface area (Å²) in [6.07, 6.45) is 4.25. The van der Waals surface area contributed by atoms with Crippen LogP contribution in [0.5, 0.6) is 5.75 Å². The van der Waals surface area contributed by atoms with E-state index < -0.39 is 0 Å². The van der Waals surface area contributed by atoms with E-state index in [4.69, 9.17) is 21.1 Å². The Bertz CT molecular complexity index is 837. The van der Waals surface area contributed by atoms with Gasteiger partial charge in [0.05, 0.1) is 23.8 Å². The number of benzene rings is 2. The van der Waals surface area contributed by atoms with Gasteiger partial charge in [0.25, 0.3) is 0 Å². The van der Waals surface area contributed by atoms with Crippen molar-refractivity contribution in [1.29, 1.82) is 0 Å². The summed E-state index contributed by atoms with van der Waals surface area (Å²) < 4.78 is 12.3. The highest BCUT2D eigenvalue weighted by molar-refractivity contribution is 6.32. The zero-order valence-electron chi connectivity index (χ0n) is 17.3. The second-order valence-electron chi connectivity index (χ2n) is 8.59. The fourth-order valence-electron chi connectivity index (χ4n) is 4.55. The van der Waals surface area contributed by atoms with E-state index in [1.807, 2.05) is 0 Å². The van der Waals surface area contributed by atoms with Crippen LogP contribution >= 0.6 is 11.6 Å². The van der Waals surface area contributed by atoms with Gasteiger partial charge in [-0.3, -0.25) is 0 Å². The van der Waals surface area contributed by atoms with Gasteiger partial charge in [-0.2, -0.15) is 0 Å². The number of nitrogens with zero attached hydrogens (tertiary/aromatic N) is 1. The molecule has 1 fully saturated rings. The van der Waals surface area contributed by atoms with Crippen LogP contribution in [0.15, 0.2) is 30.3 Å². The molecule has 0 N–H and O–H groups in total. The fourth-order valence-corrected chi connectivity index (χ4v) is 4.85. The third-order valence-electron chi connectivity index (χ3n) is 5.95. The first-order chi connectivity index (χ1) is 13.4. The number of fused-ring (bicyclic) bond motifs is 1. The molecule has 2 aliphatic heterocycles. The largest absolute Gasteiger partial charge is 0.493 e. The highest BCUT2D eigenvalue weighted by Crippen LogP contribution is 2.45. The molecule has 0 amide bonds. The molecule has 1 saturated heterocycles. The van der Waals surface area contributed by atoms with Crippen molar-refractivity contribution in [3.63, 3.8) is 0 Å². The number of anilines is 1. The predicted octanol–water partition coefficient (Wildman–Crippen LogP) is 5.81. The van der Waals surface area contributed by atoms with Gasteiger partial charge in [0.2, 0.25) is 0 Å². The van der Waals surface area contributed by atoms with Gasteiger partial charge in [0.15, 0.2) is 0 Å². The lowest BCUT2D eigenvalue weighted by molar-refractivity contribution is -0.0612. The molecule has 28 heavy (non-hydrogen) atoms. The highest BCUT2D eigenvalue weighted by Gasteiger charge is 2.32. The molecule has 0 saturated carbocycles. The van der Waals surface area contributed by atoms with Crippen molar-refractivity contribution in [2.75, 3.05) is 25.6 Å². The van der Waals surface area contributed by atoms with Gasteiger partial charge < -0.3 is 14.4 Å². The molecule has 3 nitrogen and oxygen atoms in total. The Hall–Kier alpha value is -1.71. The second kappa shape index (κ2) is 7.96. The van der Waals surface area contributed by atoms with Crippen molar-refractivity contribution >= 4 is 17.3 Å². The minimum atomic E-state index is 0.0951. The molecule has 0 aliphatic carbocycles. The van der Waals surface area contributed by atoms with Crippen LogP contribution in [0.1, 0.15) is 55.0 Å². The average Bonchev–Trinajstić information content (AvgIpc) is 3.14. The third-order valence-corrected chi connectivity index (χ3v) is 6.42. The molecule has 0 bridgehead atoms. The average molecular weight is 400 g/mol. The van der Waals surface area contributed by atoms with Crippen LogP contribution in [0.3, 0.4) is 0 Å². The summed E-state index contributed by atoms with van der Waals surface area (Å²) in [5, 5.41) is 0.866. The minimum Gasteiger partial charge on any atom is -0.493 e. The van der Waals surface area contributed by atoms with E-state index in [0.717, 1.165) is 42.0 Å². The molecule has 0 spiro atoms. The zero-order valence-corrected chi connectivity index (χ0v) is 18.1. The van der Waals surface area contributed by atoms with Crippen molar-refractivity contribution in [3.05, 3.63) is 57.6 Å². The Kier molecular flexibility index (Phi) is 5.57. The Labute approximate surface area is 173 Å². The van der Waals surface area contributed by atoms with Crippen molar-refractivity contribution in [1.82, 2.24) is 0 Å². The standard InChI is InChI=1S/C24H30ClNO2/c1-15-11-16(2)28-22(12-15)21-14-18(23(25)20-9-10-27-24(20)21)13-17-5-7-19(8-6-17)26(3)4/h5-8,14-16,22H,9-13H2,1-4H3. The Morgan fingerprint density at radius 2 is 1.86 bits per heavy atom. The van der Waals surface area contributed by atoms with E-state index in [9.17, 15) is 0 Å². The normalized spacial score (nSPS) is 24.0. The van der Waals surface area contributed by atoms with Crippen molar-refractivity contribution in [2.24, 2.45) is 5.92 Å². The van der Waals surface area contributed by atoms with E-state index in [1.54, 1.807) is 0 Å². The number of ether oxygens (including phenoxy) is 2. The molecule has 4 rings (SSSR count). The van der Waals surface area contributed by atoms with E-state index >= 15 is 0 Å². The summed E-state index contributed by atoms with van der Waals surface area (Å²) in [5.74, 6) is 1.63. The van der Waals surface area contributed by atoms with Gasteiger partial charge in [0.1, 0.15) is 5.75 Å². The van der Waals surface area contributed by atoms with E-state index in [-0.39, 0.29) is 12.2 Å². The second-order valence-corrected chi connectivity index (χ2v) is 8.97. The molecule has 2 aromatic carbocycles. The minimum absolute atomic E-state index is 0.0951. The molecule has 2 aromatic rings. The maximum Gasteiger partial charge on any atom is 0.129 e. The van der Waals surface area contributed by atoms with Crippen molar-refractivity contribution in [2.45, 2.75) is 51.7 Å². The van der Waals surface area contributed by atoms with Crippen LogP contribution in [0.4, 0.5) is 5.69 Å². The van der Waals surface area contributed by atoms with E-state index in [2.05, 4.69) is 63.2 Å². The molecular formula is C24H30ClNO2. The van der Waals surface area contributed by atoms with Crippen LogP contribution in [0.25, 0.3) is 0 Å². The lowest BCUT2D eigenvalue weighted by Gasteiger charge is -2.33. The highest BCUT2D eigenvalue weighted by atomic mass is 35.5. The maximum absolute atomic E-state index is 6.83. The Balaban J connectivity index is 1.68. The lowest BCUT2D eigenvalue weighted by Crippen LogP contribution is -2.25. The van der Waals surface area contributed by atoms with E-state index in [1.165, 1.54) is 22.4 Å². The molecule has 2 heterocycles. The van der Waals surface area contributed by atoms with Crippen LogP contribution in [-0.4, -0.2) is 26.8 Å². The summed E-state index contributed by atoms with van der Waals surface area (Å²) >= 11 is 6.83. The smallest absolute Gasteiger partial charge is 0.129 e. The van der Waals surface area contributed by atoms with Crippen LogP contribution in [0, 0.1) is 5.92 Å². The number of hydrogen-bond acceptors (Lipinski definition) is 3. The molecule has 0 radical (unpaired) electrons. The van der Waals surface area contributed by atoms with Crippen LogP contribution in [0.2, 0.25) is 5.02 Å². The number of rotatable bonds is 4. The number of hydrogen-bond donors (Lipinski definition) is 0. The predicted molar refractivity (Wildman–Crippen MR) is 116 cm³/mol. The zero-order chi connectivity index (χ0) is 19.8. The quantitative estimate of drug-likeness (QED) is 0.647. The summed E-state index contributed by atoms with van der Waals surface area (Å²) in [6.45, 7) is 5.20. The van der Waals surface area contributed by atoms with Gasteiger partial charge in [-0.1, -0.05) is 30.7 Å². The first-order valence-corrected chi connectivity index (χ1v) is 10.7. The monoisotopic (exact) mass is 399 g/mol. The van der Waals surface area contributed by atoms with Gasteiger partial charge in [0, 0.05) is 37.3 Å². The molecule has 3 atom stereocenters. The molecule has 3 unspecified atom stereocenters. The van der Waals surface area contributed by atoms with Gasteiger partial charge >= 0.3 is 0 Å². The summed E-state index contributed by atoms with van der Waals surface area (Å²) in [6, 6.07) is 10.9. The Morgan fingerprint density at radius 1 is 1.11 bits per heavy atom. The van der Waals surface area contributed by atoms with Crippen molar-refractivity contribution < 1.29 is 9.47 Å². The third kappa shape index (κ3) is 3.88. The topological polar surface area (TPSA) is 21.7 Å². The lowest BCUT2D eigenvalue weighted by atomic mass is 9.88. The van der Waals surface area contributed by atoms with Gasteiger partial charge in [-0.15, -0.1) is 0 Å².